The highest BCUT2D eigenvalue weighted by molar-refractivity contribution is 6.00. The van der Waals surface area contributed by atoms with E-state index in [4.69, 9.17) is 10.5 Å². The van der Waals surface area contributed by atoms with Crippen LogP contribution in [0.2, 0.25) is 0 Å². The molecular formula is C15H19N3O. The van der Waals surface area contributed by atoms with Crippen molar-refractivity contribution in [1.29, 1.82) is 0 Å². The first-order valence-corrected chi connectivity index (χ1v) is 6.78. The molecule has 1 saturated heterocycles. The van der Waals surface area contributed by atoms with Crippen molar-refractivity contribution in [3.8, 4) is 0 Å². The second-order valence-corrected chi connectivity index (χ2v) is 4.94. The summed E-state index contributed by atoms with van der Waals surface area (Å²) in [5, 5.41) is 2.20. The molecule has 0 saturated carbocycles. The molecule has 0 amide bonds. The van der Waals surface area contributed by atoms with Gasteiger partial charge in [-0.15, -0.1) is 0 Å². The molecular weight excluding hydrogens is 238 g/mol. The average Bonchev–Trinajstić information content (AvgIpc) is 2.48. The van der Waals surface area contributed by atoms with Gasteiger partial charge in [0.15, 0.2) is 0 Å². The average molecular weight is 257 g/mol. The molecule has 0 spiro atoms. The van der Waals surface area contributed by atoms with Crippen molar-refractivity contribution in [2.75, 3.05) is 30.3 Å². The van der Waals surface area contributed by atoms with E-state index < -0.39 is 0 Å². The van der Waals surface area contributed by atoms with Crippen LogP contribution >= 0.6 is 0 Å². The fourth-order valence-electron chi connectivity index (χ4n) is 2.66. The smallest absolute Gasteiger partial charge is 0.0748 e. The van der Waals surface area contributed by atoms with Gasteiger partial charge >= 0.3 is 0 Å². The standard InChI is InChI=1S/C15H19N3O/c1-2-11-10-18(7-8-19-11)15-4-3-14(16)13-9-17-6-5-12(13)15/h3-6,9,11H,2,7-8,10,16H2,1H3. The van der Waals surface area contributed by atoms with E-state index in [0.717, 1.165) is 37.2 Å². The molecule has 1 atom stereocenters. The lowest BCUT2D eigenvalue weighted by molar-refractivity contribution is 0.0385. The summed E-state index contributed by atoms with van der Waals surface area (Å²) in [5.41, 5.74) is 8.04. The van der Waals surface area contributed by atoms with Crippen molar-refractivity contribution in [2.24, 2.45) is 0 Å². The molecule has 2 heterocycles. The van der Waals surface area contributed by atoms with E-state index in [-0.39, 0.29) is 0 Å². The molecule has 4 heteroatoms. The van der Waals surface area contributed by atoms with E-state index >= 15 is 0 Å². The number of hydrogen-bond acceptors (Lipinski definition) is 4. The number of benzene rings is 1. The largest absolute Gasteiger partial charge is 0.398 e. The second-order valence-electron chi connectivity index (χ2n) is 4.94. The van der Waals surface area contributed by atoms with Crippen molar-refractivity contribution in [1.82, 2.24) is 4.98 Å². The summed E-state index contributed by atoms with van der Waals surface area (Å²) in [6.45, 7) is 4.82. The quantitative estimate of drug-likeness (QED) is 0.839. The van der Waals surface area contributed by atoms with E-state index in [1.165, 1.54) is 11.1 Å². The van der Waals surface area contributed by atoms with Crippen LogP contribution in [-0.2, 0) is 4.74 Å². The van der Waals surface area contributed by atoms with Crippen LogP contribution < -0.4 is 10.6 Å². The molecule has 0 aliphatic carbocycles. The van der Waals surface area contributed by atoms with Gasteiger partial charge in [-0.05, 0) is 24.6 Å². The van der Waals surface area contributed by atoms with Gasteiger partial charge in [-0.25, -0.2) is 0 Å². The highest BCUT2D eigenvalue weighted by Gasteiger charge is 2.20. The Hall–Kier alpha value is -1.81. The lowest BCUT2D eigenvalue weighted by atomic mass is 10.1. The van der Waals surface area contributed by atoms with E-state index in [0.29, 0.717) is 6.10 Å². The van der Waals surface area contributed by atoms with Crippen LogP contribution in [0, 0.1) is 0 Å². The summed E-state index contributed by atoms with van der Waals surface area (Å²) in [7, 11) is 0. The number of nitrogens with zero attached hydrogens (tertiary/aromatic N) is 2. The van der Waals surface area contributed by atoms with Crippen LogP contribution in [0.1, 0.15) is 13.3 Å². The maximum atomic E-state index is 6.02. The van der Waals surface area contributed by atoms with Gasteiger partial charge in [0.1, 0.15) is 0 Å². The zero-order chi connectivity index (χ0) is 13.2. The SMILES string of the molecule is CCC1CN(c2ccc(N)c3cnccc23)CCO1. The second kappa shape index (κ2) is 5.05. The number of anilines is 2. The molecule has 1 aliphatic rings. The van der Waals surface area contributed by atoms with Crippen LogP contribution in [0.5, 0.6) is 0 Å². The highest BCUT2D eigenvalue weighted by atomic mass is 16.5. The van der Waals surface area contributed by atoms with Crippen molar-refractivity contribution in [3.05, 3.63) is 30.6 Å². The minimum atomic E-state index is 0.322. The van der Waals surface area contributed by atoms with E-state index in [2.05, 4.69) is 22.9 Å². The van der Waals surface area contributed by atoms with Crippen molar-refractivity contribution < 1.29 is 4.74 Å². The van der Waals surface area contributed by atoms with Gasteiger partial charge in [0.2, 0.25) is 0 Å². The van der Waals surface area contributed by atoms with Gasteiger partial charge in [-0.2, -0.15) is 0 Å². The Kier molecular flexibility index (Phi) is 3.25. The molecule has 1 aromatic carbocycles. The normalized spacial score (nSPS) is 19.8. The Labute approximate surface area is 113 Å². The maximum Gasteiger partial charge on any atom is 0.0748 e. The summed E-state index contributed by atoms with van der Waals surface area (Å²) < 4.78 is 5.74. The van der Waals surface area contributed by atoms with Crippen LogP contribution in [0.3, 0.4) is 0 Å². The summed E-state index contributed by atoms with van der Waals surface area (Å²) in [4.78, 5) is 6.56. The Morgan fingerprint density at radius 2 is 2.26 bits per heavy atom. The predicted octanol–water partition coefficient (Wildman–Crippen LogP) is 2.43. The zero-order valence-corrected chi connectivity index (χ0v) is 11.2. The first-order valence-electron chi connectivity index (χ1n) is 6.78. The Balaban J connectivity index is 2.03. The van der Waals surface area contributed by atoms with Gasteiger partial charge < -0.3 is 15.4 Å². The van der Waals surface area contributed by atoms with E-state index in [1.54, 1.807) is 0 Å². The molecule has 4 nitrogen and oxygen atoms in total. The van der Waals surface area contributed by atoms with Crippen LogP contribution in [-0.4, -0.2) is 30.8 Å². The monoisotopic (exact) mass is 257 g/mol. The minimum Gasteiger partial charge on any atom is -0.398 e. The molecule has 0 radical (unpaired) electrons. The van der Waals surface area contributed by atoms with E-state index in [9.17, 15) is 0 Å². The van der Waals surface area contributed by atoms with Gasteiger partial charge in [0, 0.05) is 47.6 Å². The van der Waals surface area contributed by atoms with Gasteiger partial charge in [0.25, 0.3) is 0 Å². The van der Waals surface area contributed by atoms with E-state index in [1.807, 2.05) is 24.5 Å². The van der Waals surface area contributed by atoms with Crippen LogP contribution in [0.15, 0.2) is 30.6 Å². The molecule has 1 unspecified atom stereocenters. The molecule has 1 aromatic heterocycles. The van der Waals surface area contributed by atoms with Crippen molar-refractivity contribution in [2.45, 2.75) is 19.4 Å². The van der Waals surface area contributed by atoms with Gasteiger partial charge in [0.05, 0.1) is 12.7 Å². The van der Waals surface area contributed by atoms with Gasteiger partial charge in [-0.3, -0.25) is 4.98 Å². The molecule has 0 bridgehead atoms. The number of morpholine rings is 1. The molecule has 1 fully saturated rings. The third kappa shape index (κ3) is 2.24. The zero-order valence-electron chi connectivity index (χ0n) is 11.2. The number of aromatic nitrogens is 1. The Morgan fingerprint density at radius 3 is 3.11 bits per heavy atom. The van der Waals surface area contributed by atoms with Gasteiger partial charge in [-0.1, -0.05) is 6.92 Å². The van der Waals surface area contributed by atoms with Crippen LogP contribution in [0.4, 0.5) is 11.4 Å². The summed E-state index contributed by atoms with van der Waals surface area (Å²) >= 11 is 0. The molecule has 19 heavy (non-hydrogen) atoms. The fourth-order valence-corrected chi connectivity index (χ4v) is 2.66. The Morgan fingerprint density at radius 1 is 1.37 bits per heavy atom. The molecule has 2 aromatic rings. The number of nitrogen functional groups attached to an aromatic ring is 1. The molecule has 3 rings (SSSR count). The summed E-state index contributed by atoms with van der Waals surface area (Å²) in [6.07, 6.45) is 5.03. The molecule has 1 aliphatic heterocycles. The topological polar surface area (TPSA) is 51.4 Å². The lowest BCUT2D eigenvalue weighted by Crippen LogP contribution is -2.42. The first-order chi connectivity index (χ1) is 9.29. The number of rotatable bonds is 2. The van der Waals surface area contributed by atoms with Crippen molar-refractivity contribution in [3.63, 3.8) is 0 Å². The van der Waals surface area contributed by atoms with Crippen LogP contribution in [0.25, 0.3) is 10.8 Å². The van der Waals surface area contributed by atoms with Crippen molar-refractivity contribution >= 4 is 22.1 Å². The highest BCUT2D eigenvalue weighted by Crippen LogP contribution is 2.31. The Bertz CT molecular complexity index is 585. The molecule has 2 N–H and O–H groups in total. The number of nitrogens with two attached hydrogens (primary N) is 1. The first kappa shape index (κ1) is 12.2. The summed E-state index contributed by atoms with van der Waals surface area (Å²) in [5.74, 6) is 0. The predicted molar refractivity (Wildman–Crippen MR) is 78.4 cm³/mol. The third-order valence-electron chi connectivity index (χ3n) is 3.76. The number of hydrogen-bond donors (Lipinski definition) is 1. The number of fused-ring (bicyclic) bond motifs is 1. The summed E-state index contributed by atoms with van der Waals surface area (Å²) in [6, 6.07) is 6.11. The fraction of sp³-hybridized carbons (Fsp3) is 0.400. The minimum absolute atomic E-state index is 0.322. The number of ether oxygens (including phenoxy) is 1. The molecule has 100 valence electrons. The lowest BCUT2D eigenvalue weighted by Gasteiger charge is -2.35. The third-order valence-corrected chi connectivity index (χ3v) is 3.76. The maximum absolute atomic E-state index is 6.02. The number of pyridine rings is 1.